The number of hydrogen-bond acceptors (Lipinski definition) is 5. The summed E-state index contributed by atoms with van der Waals surface area (Å²) in [5, 5.41) is 0. The third-order valence-corrected chi connectivity index (χ3v) is 7.11. The predicted molar refractivity (Wildman–Crippen MR) is 128 cm³/mol. The number of benzene rings is 1. The van der Waals surface area contributed by atoms with Gasteiger partial charge in [0.15, 0.2) is 23.1 Å². The highest BCUT2D eigenvalue weighted by Gasteiger charge is 2.43. The molecule has 5 nitrogen and oxygen atoms in total. The number of ketones is 2. The standard InChI is InChI=1S/C26H32BrNO4/c1-4-13-32-26-17(27)14-16(15-22(26)31-6-3)23-24-18(9-7-11-20(24)29)28(5-2)19-10-8-12-21(30)25(19)23/h14-15,23H,4-13H2,1-3H3. The number of carbonyl (C=O) groups excluding carboxylic acids is 2. The van der Waals surface area contributed by atoms with Crippen molar-refractivity contribution < 1.29 is 19.1 Å². The van der Waals surface area contributed by atoms with E-state index in [4.69, 9.17) is 9.47 Å². The highest BCUT2D eigenvalue weighted by atomic mass is 79.9. The zero-order valence-corrected chi connectivity index (χ0v) is 20.8. The summed E-state index contributed by atoms with van der Waals surface area (Å²) in [5.41, 5.74) is 4.77. The largest absolute Gasteiger partial charge is 0.490 e. The second-order valence-corrected chi connectivity index (χ2v) is 9.42. The molecule has 1 aromatic carbocycles. The van der Waals surface area contributed by atoms with Crippen LogP contribution in [0.5, 0.6) is 11.5 Å². The van der Waals surface area contributed by atoms with Crippen molar-refractivity contribution in [3.63, 3.8) is 0 Å². The number of nitrogens with zero attached hydrogens (tertiary/aromatic N) is 1. The molecule has 1 heterocycles. The van der Waals surface area contributed by atoms with Crippen LogP contribution >= 0.6 is 15.9 Å². The van der Waals surface area contributed by atoms with Crippen LogP contribution in [0.25, 0.3) is 0 Å². The van der Waals surface area contributed by atoms with Crippen LogP contribution in [0.3, 0.4) is 0 Å². The lowest BCUT2D eigenvalue weighted by atomic mass is 9.71. The van der Waals surface area contributed by atoms with Crippen LogP contribution in [0.2, 0.25) is 0 Å². The Morgan fingerprint density at radius 3 is 2.09 bits per heavy atom. The van der Waals surface area contributed by atoms with Gasteiger partial charge in [0, 0.05) is 47.8 Å². The summed E-state index contributed by atoms with van der Waals surface area (Å²) in [6.45, 7) is 8.00. The molecule has 32 heavy (non-hydrogen) atoms. The molecule has 0 fully saturated rings. The third kappa shape index (κ3) is 4.02. The van der Waals surface area contributed by atoms with Crippen molar-refractivity contribution in [2.24, 2.45) is 0 Å². The quantitative estimate of drug-likeness (QED) is 0.453. The summed E-state index contributed by atoms with van der Waals surface area (Å²) < 4.78 is 12.7. The monoisotopic (exact) mass is 501 g/mol. The lowest BCUT2D eigenvalue weighted by molar-refractivity contribution is -0.117. The van der Waals surface area contributed by atoms with Gasteiger partial charge >= 0.3 is 0 Å². The maximum absolute atomic E-state index is 13.3. The van der Waals surface area contributed by atoms with Gasteiger partial charge in [-0.25, -0.2) is 0 Å². The Morgan fingerprint density at radius 1 is 0.938 bits per heavy atom. The second-order valence-electron chi connectivity index (χ2n) is 8.56. The molecule has 4 rings (SSSR count). The minimum atomic E-state index is -0.334. The van der Waals surface area contributed by atoms with Crippen molar-refractivity contribution in [1.82, 2.24) is 4.90 Å². The molecule has 0 N–H and O–H groups in total. The summed E-state index contributed by atoms with van der Waals surface area (Å²) in [6.07, 6.45) is 5.48. The van der Waals surface area contributed by atoms with E-state index in [0.29, 0.717) is 37.6 Å². The Kier molecular flexibility index (Phi) is 7.08. The van der Waals surface area contributed by atoms with E-state index in [0.717, 1.165) is 71.2 Å². The third-order valence-electron chi connectivity index (χ3n) is 6.52. The Hall–Kier alpha value is -2.08. The predicted octanol–water partition coefficient (Wildman–Crippen LogP) is 6.07. The first-order valence-electron chi connectivity index (χ1n) is 11.9. The number of allylic oxidation sites excluding steroid dienone is 4. The van der Waals surface area contributed by atoms with Gasteiger partial charge in [-0.1, -0.05) is 6.92 Å². The molecule has 172 valence electrons. The zero-order chi connectivity index (χ0) is 22.8. The first kappa shape index (κ1) is 23.1. The van der Waals surface area contributed by atoms with E-state index in [9.17, 15) is 9.59 Å². The topological polar surface area (TPSA) is 55.8 Å². The normalized spacial score (nSPS) is 19.3. The lowest BCUT2D eigenvalue weighted by Gasteiger charge is -2.43. The van der Waals surface area contributed by atoms with Crippen molar-refractivity contribution in [1.29, 1.82) is 0 Å². The molecule has 0 bridgehead atoms. The van der Waals surface area contributed by atoms with Gasteiger partial charge in [-0.2, -0.15) is 0 Å². The zero-order valence-electron chi connectivity index (χ0n) is 19.3. The van der Waals surface area contributed by atoms with E-state index in [2.05, 4.69) is 34.7 Å². The van der Waals surface area contributed by atoms with E-state index < -0.39 is 0 Å². The van der Waals surface area contributed by atoms with Crippen LogP contribution in [0.1, 0.15) is 77.2 Å². The summed E-state index contributed by atoms with van der Waals surface area (Å²) in [4.78, 5) is 28.8. The van der Waals surface area contributed by atoms with E-state index in [-0.39, 0.29) is 17.5 Å². The van der Waals surface area contributed by atoms with Crippen molar-refractivity contribution in [2.75, 3.05) is 19.8 Å². The van der Waals surface area contributed by atoms with Gasteiger partial charge in [-0.3, -0.25) is 9.59 Å². The summed E-state index contributed by atoms with van der Waals surface area (Å²) in [7, 11) is 0. The fourth-order valence-corrected chi connectivity index (χ4v) is 5.87. The van der Waals surface area contributed by atoms with E-state index in [1.807, 2.05) is 19.1 Å². The molecule has 1 aromatic rings. The Morgan fingerprint density at radius 2 is 1.56 bits per heavy atom. The van der Waals surface area contributed by atoms with Gasteiger partial charge in [0.1, 0.15) is 0 Å². The maximum atomic E-state index is 13.3. The molecular formula is C26H32BrNO4. The molecule has 0 spiro atoms. The summed E-state index contributed by atoms with van der Waals surface area (Å²) in [6, 6.07) is 3.99. The molecule has 0 saturated heterocycles. The Bertz CT molecular complexity index is 950. The second kappa shape index (κ2) is 9.82. The molecule has 0 amide bonds. The van der Waals surface area contributed by atoms with E-state index >= 15 is 0 Å². The maximum Gasteiger partial charge on any atom is 0.175 e. The van der Waals surface area contributed by atoms with Crippen LogP contribution in [0.15, 0.2) is 39.1 Å². The summed E-state index contributed by atoms with van der Waals surface area (Å²) >= 11 is 3.68. The number of Topliss-reactive ketones (excluding diaryl/α,β-unsaturated/α-hetero) is 2. The molecular weight excluding hydrogens is 470 g/mol. The fourth-order valence-electron chi connectivity index (χ4n) is 5.29. The number of carbonyl (C=O) groups is 2. The number of hydrogen-bond donors (Lipinski definition) is 0. The SMILES string of the molecule is CCCOc1c(Br)cc(C2C3=C(CCCC3=O)N(CC)C3=C2C(=O)CCC3)cc1OCC. The van der Waals surface area contributed by atoms with E-state index in [1.54, 1.807) is 0 Å². The average Bonchev–Trinajstić information content (AvgIpc) is 2.77. The van der Waals surface area contributed by atoms with Crippen molar-refractivity contribution in [3.05, 3.63) is 44.7 Å². The van der Waals surface area contributed by atoms with Gasteiger partial charge in [0.2, 0.25) is 0 Å². The first-order valence-corrected chi connectivity index (χ1v) is 12.7. The number of ether oxygens (including phenoxy) is 2. The van der Waals surface area contributed by atoms with Crippen LogP contribution in [0, 0.1) is 0 Å². The molecule has 0 atom stereocenters. The molecule has 3 aliphatic rings. The molecule has 0 aromatic heterocycles. The highest BCUT2D eigenvalue weighted by molar-refractivity contribution is 9.10. The van der Waals surface area contributed by atoms with Crippen LogP contribution < -0.4 is 9.47 Å². The van der Waals surface area contributed by atoms with Crippen molar-refractivity contribution in [2.45, 2.75) is 71.6 Å². The average molecular weight is 502 g/mol. The molecule has 6 heteroatoms. The highest BCUT2D eigenvalue weighted by Crippen LogP contribution is 2.51. The van der Waals surface area contributed by atoms with Crippen molar-refractivity contribution in [3.8, 4) is 11.5 Å². The van der Waals surface area contributed by atoms with Crippen LogP contribution in [-0.4, -0.2) is 36.2 Å². The molecule has 0 saturated carbocycles. The van der Waals surface area contributed by atoms with Crippen molar-refractivity contribution >= 4 is 27.5 Å². The minimum Gasteiger partial charge on any atom is -0.490 e. The Labute approximate surface area is 199 Å². The number of halogens is 1. The Balaban J connectivity index is 1.92. The fraction of sp³-hybridized carbons (Fsp3) is 0.538. The van der Waals surface area contributed by atoms with Crippen LogP contribution in [0.4, 0.5) is 0 Å². The van der Waals surface area contributed by atoms with Gasteiger partial charge in [-0.05, 0) is 79.6 Å². The molecule has 1 aliphatic heterocycles. The van der Waals surface area contributed by atoms with Crippen LogP contribution in [-0.2, 0) is 9.59 Å². The van der Waals surface area contributed by atoms with Gasteiger partial charge in [0.25, 0.3) is 0 Å². The lowest BCUT2D eigenvalue weighted by Crippen LogP contribution is -2.39. The number of rotatable bonds is 7. The molecule has 0 unspecified atom stereocenters. The van der Waals surface area contributed by atoms with Gasteiger partial charge < -0.3 is 14.4 Å². The van der Waals surface area contributed by atoms with E-state index in [1.165, 1.54) is 0 Å². The van der Waals surface area contributed by atoms with Gasteiger partial charge in [0.05, 0.1) is 17.7 Å². The smallest absolute Gasteiger partial charge is 0.175 e. The summed E-state index contributed by atoms with van der Waals surface area (Å²) in [5.74, 6) is 1.33. The first-order chi connectivity index (χ1) is 15.5. The minimum absolute atomic E-state index is 0.167. The molecule has 2 aliphatic carbocycles. The van der Waals surface area contributed by atoms with Gasteiger partial charge in [-0.15, -0.1) is 0 Å². The molecule has 0 radical (unpaired) electrons.